The smallest absolute Gasteiger partial charge is 0.262 e. The highest BCUT2D eigenvalue weighted by Gasteiger charge is 2.14. The maximum absolute atomic E-state index is 13.7. The average Bonchev–Trinajstić information content (AvgIpc) is 2.84. The monoisotopic (exact) mass is 474 g/mol. The number of benzene rings is 3. The number of halogens is 1. The molecule has 0 saturated heterocycles. The summed E-state index contributed by atoms with van der Waals surface area (Å²) in [5.41, 5.74) is 2.71. The van der Waals surface area contributed by atoms with E-state index in [1.54, 1.807) is 66.3 Å². The van der Waals surface area contributed by atoms with E-state index in [0.717, 1.165) is 10.9 Å². The number of pyridine rings is 1. The van der Waals surface area contributed by atoms with E-state index in [-0.39, 0.29) is 36.4 Å². The number of nitrogens with zero attached hydrogens (tertiary/aromatic N) is 1. The van der Waals surface area contributed by atoms with Crippen molar-refractivity contribution in [3.05, 3.63) is 100 Å². The minimum Gasteiger partial charge on any atom is -0.497 e. The summed E-state index contributed by atoms with van der Waals surface area (Å²) in [4.78, 5) is 25.4. The van der Waals surface area contributed by atoms with Crippen molar-refractivity contribution < 1.29 is 18.7 Å². The predicted molar refractivity (Wildman–Crippen MR) is 135 cm³/mol. The Kier molecular flexibility index (Phi) is 7.15. The number of carbonyl (C=O) groups excluding carboxylic acids is 1. The molecule has 6 nitrogen and oxygen atoms in total. The van der Waals surface area contributed by atoms with Crippen LogP contribution in [0, 0.1) is 5.82 Å². The van der Waals surface area contributed by atoms with Crippen molar-refractivity contribution in [3.8, 4) is 11.5 Å². The fourth-order valence-electron chi connectivity index (χ4n) is 3.96. The zero-order valence-electron chi connectivity index (χ0n) is 19.9. The van der Waals surface area contributed by atoms with Gasteiger partial charge in [0.05, 0.1) is 19.2 Å². The van der Waals surface area contributed by atoms with Gasteiger partial charge in [-0.15, -0.1) is 0 Å². The number of aromatic nitrogens is 1. The second-order valence-corrected chi connectivity index (χ2v) is 8.55. The van der Waals surface area contributed by atoms with Crippen LogP contribution in [0.2, 0.25) is 0 Å². The van der Waals surface area contributed by atoms with Gasteiger partial charge in [-0.2, -0.15) is 0 Å². The molecular formula is C28H27FN2O4. The molecule has 1 N–H and O–H groups in total. The number of carbonyl (C=O) groups is 1. The minimum atomic E-state index is -0.356. The highest BCUT2D eigenvalue weighted by molar-refractivity contribution is 5.92. The summed E-state index contributed by atoms with van der Waals surface area (Å²) in [6.45, 7) is 4.07. The zero-order chi connectivity index (χ0) is 24.9. The van der Waals surface area contributed by atoms with Crippen molar-refractivity contribution in [2.45, 2.75) is 26.3 Å². The number of amides is 1. The van der Waals surface area contributed by atoms with E-state index < -0.39 is 0 Å². The van der Waals surface area contributed by atoms with Crippen LogP contribution < -0.4 is 20.3 Å². The van der Waals surface area contributed by atoms with Gasteiger partial charge in [0, 0.05) is 23.2 Å². The SMILES string of the molecule is COc1ccc(NC(=O)COc2ccc3c(C(C)C)cc(=O)n(Cc4cccc(F)c4)c3c2)cc1. The number of rotatable bonds is 8. The molecule has 0 saturated carbocycles. The summed E-state index contributed by atoms with van der Waals surface area (Å²) < 4.78 is 26.2. The summed E-state index contributed by atoms with van der Waals surface area (Å²) >= 11 is 0. The maximum Gasteiger partial charge on any atom is 0.262 e. The Morgan fingerprint density at radius 1 is 1.00 bits per heavy atom. The molecule has 4 rings (SSSR count). The zero-order valence-corrected chi connectivity index (χ0v) is 19.9. The number of fused-ring (bicyclic) bond motifs is 1. The standard InChI is InChI=1S/C28H27FN2O4/c1-18(2)25-15-28(33)31(16-19-5-4-6-20(29)13-19)26-14-23(11-12-24(25)26)35-17-27(32)30-21-7-9-22(34-3)10-8-21/h4-15,18H,16-17H2,1-3H3,(H,30,32). The molecule has 0 aliphatic heterocycles. The number of hydrogen-bond acceptors (Lipinski definition) is 4. The van der Waals surface area contributed by atoms with Crippen molar-refractivity contribution in [3.63, 3.8) is 0 Å². The lowest BCUT2D eigenvalue weighted by molar-refractivity contribution is -0.118. The van der Waals surface area contributed by atoms with Gasteiger partial charge < -0.3 is 19.4 Å². The Balaban J connectivity index is 1.60. The fraction of sp³-hybridized carbons (Fsp3) is 0.214. The molecule has 180 valence electrons. The van der Waals surface area contributed by atoms with E-state index in [1.807, 2.05) is 19.9 Å². The van der Waals surface area contributed by atoms with E-state index in [9.17, 15) is 14.0 Å². The van der Waals surface area contributed by atoms with E-state index in [4.69, 9.17) is 9.47 Å². The number of nitrogens with one attached hydrogen (secondary N) is 1. The number of ether oxygens (including phenoxy) is 2. The Labute approximate surface area is 202 Å². The van der Waals surface area contributed by atoms with Crippen molar-refractivity contribution in [1.29, 1.82) is 0 Å². The highest BCUT2D eigenvalue weighted by Crippen LogP contribution is 2.28. The third-order valence-electron chi connectivity index (χ3n) is 5.71. The third-order valence-corrected chi connectivity index (χ3v) is 5.71. The predicted octanol–water partition coefficient (Wildman–Crippen LogP) is 5.34. The Bertz CT molecular complexity index is 1410. The minimum absolute atomic E-state index is 0.135. The van der Waals surface area contributed by atoms with E-state index in [1.165, 1.54) is 12.1 Å². The normalized spacial score (nSPS) is 11.0. The molecule has 0 atom stereocenters. The highest BCUT2D eigenvalue weighted by atomic mass is 19.1. The first kappa shape index (κ1) is 24.0. The lowest BCUT2D eigenvalue weighted by Gasteiger charge is -2.17. The topological polar surface area (TPSA) is 69.6 Å². The first-order chi connectivity index (χ1) is 16.8. The lowest BCUT2D eigenvalue weighted by atomic mass is 9.98. The summed E-state index contributed by atoms with van der Waals surface area (Å²) in [5, 5.41) is 3.68. The second kappa shape index (κ2) is 10.4. The summed E-state index contributed by atoms with van der Waals surface area (Å²) in [5.74, 6) is 0.612. The molecule has 4 aromatic rings. The molecule has 0 bridgehead atoms. The quantitative estimate of drug-likeness (QED) is 0.374. The summed E-state index contributed by atoms with van der Waals surface area (Å²) in [7, 11) is 1.58. The van der Waals surface area contributed by atoms with E-state index in [2.05, 4.69) is 5.32 Å². The van der Waals surface area contributed by atoms with Gasteiger partial charge in [0.2, 0.25) is 0 Å². The number of hydrogen-bond donors (Lipinski definition) is 1. The fourth-order valence-corrected chi connectivity index (χ4v) is 3.96. The first-order valence-corrected chi connectivity index (χ1v) is 11.3. The molecule has 0 fully saturated rings. The summed E-state index contributed by atoms with van der Waals surface area (Å²) in [6.07, 6.45) is 0. The average molecular weight is 475 g/mol. The first-order valence-electron chi connectivity index (χ1n) is 11.3. The van der Waals surface area contributed by atoms with Crippen LogP contribution in [0.1, 0.15) is 30.9 Å². The van der Waals surface area contributed by atoms with Gasteiger partial charge in [-0.05, 0) is 65.6 Å². The van der Waals surface area contributed by atoms with Gasteiger partial charge in [0.15, 0.2) is 6.61 Å². The van der Waals surface area contributed by atoms with Crippen LogP contribution in [0.15, 0.2) is 77.6 Å². The molecule has 3 aromatic carbocycles. The van der Waals surface area contributed by atoms with Crippen molar-refractivity contribution >= 4 is 22.5 Å². The van der Waals surface area contributed by atoms with E-state index in [0.29, 0.717) is 28.3 Å². The van der Waals surface area contributed by atoms with Crippen LogP contribution in [0.5, 0.6) is 11.5 Å². The molecule has 1 aromatic heterocycles. The molecule has 0 aliphatic rings. The number of methoxy groups -OCH3 is 1. The molecule has 1 heterocycles. The second-order valence-electron chi connectivity index (χ2n) is 8.55. The lowest BCUT2D eigenvalue weighted by Crippen LogP contribution is -2.22. The third kappa shape index (κ3) is 5.69. The molecular weight excluding hydrogens is 447 g/mol. The van der Waals surface area contributed by atoms with Gasteiger partial charge in [-0.3, -0.25) is 9.59 Å². The maximum atomic E-state index is 13.7. The van der Waals surface area contributed by atoms with Crippen LogP contribution >= 0.6 is 0 Å². The van der Waals surface area contributed by atoms with Crippen LogP contribution in [0.25, 0.3) is 10.9 Å². The van der Waals surface area contributed by atoms with Gasteiger partial charge in [0.25, 0.3) is 11.5 Å². The van der Waals surface area contributed by atoms with Gasteiger partial charge in [-0.25, -0.2) is 4.39 Å². The molecule has 0 radical (unpaired) electrons. The number of anilines is 1. The molecule has 35 heavy (non-hydrogen) atoms. The molecule has 7 heteroatoms. The van der Waals surface area contributed by atoms with Crippen molar-refractivity contribution in [1.82, 2.24) is 4.57 Å². The van der Waals surface area contributed by atoms with Crippen molar-refractivity contribution in [2.24, 2.45) is 0 Å². The van der Waals surface area contributed by atoms with Crippen LogP contribution in [0.4, 0.5) is 10.1 Å². The Morgan fingerprint density at radius 3 is 2.43 bits per heavy atom. The molecule has 0 unspecified atom stereocenters. The van der Waals surface area contributed by atoms with Crippen molar-refractivity contribution in [2.75, 3.05) is 19.0 Å². The summed E-state index contributed by atoms with van der Waals surface area (Å²) in [6, 6.07) is 20.2. The van der Waals surface area contributed by atoms with E-state index >= 15 is 0 Å². The Hall–Kier alpha value is -4.13. The van der Waals surface area contributed by atoms with Gasteiger partial charge >= 0.3 is 0 Å². The molecule has 0 spiro atoms. The Morgan fingerprint density at radius 2 is 1.74 bits per heavy atom. The van der Waals surface area contributed by atoms with Crippen LogP contribution in [0.3, 0.4) is 0 Å². The van der Waals surface area contributed by atoms with Crippen LogP contribution in [-0.2, 0) is 11.3 Å². The van der Waals surface area contributed by atoms with Gasteiger partial charge in [-0.1, -0.05) is 26.0 Å². The van der Waals surface area contributed by atoms with Crippen LogP contribution in [-0.4, -0.2) is 24.2 Å². The molecule has 1 amide bonds. The largest absolute Gasteiger partial charge is 0.497 e. The van der Waals surface area contributed by atoms with Gasteiger partial charge in [0.1, 0.15) is 17.3 Å². The molecule has 0 aliphatic carbocycles.